The van der Waals surface area contributed by atoms with Gasteiger partial charge in [0.2, 0.25) is 11.9 Å². The Kier molecular flexibility index (Phi) is 5.55. The second-order valence-corrected chi connectivity index (χ2v) is 9.00. The number of rotatable bonds is 4. The van der Waals surface area contributed by atoms with Crippen molar-refractivity contribution in [1.82, 2.24) is 14.6 Å². The Labute approximate surface area is 179 Å². The average Bonchev–Trinajstić information content (AvgIpc) is 3.46. The summed E-state index contributed by atoms with van der Waals surface area (Å²) in [7, 11) is 0. The highest BCUT2D eigenvalue weighted by Gasteiger charge is 2.32. The van der Waals surface area contributed by atoms with E-state index in [-0.39, 0.29) is 17.7 Å². The highest BCUT2D eigenvalue weighted by Crippen LogP contribution is 2.30. The fourth-order valence-corrected chi connectivity index (χ4v) is 3.52. The summed E-state index contributed by atoms with van der Waals surface area (Å²) < 4.78 is 11.6. The molecule has 0 unspecified atom stereocenters. The number of nitrogens with one attached hydrogen (secondary N) is 1. The molecule has 1 saturated heterocycles. The van der Waals surface area contributed by atoms with Gasteiger partial charge < -0.3 is 14.4 Å². The summed E-state index contributed by atoms with van der Waals surface area (Å²) in [6.07, 6.45) is 1.94. The topological polar surface area (TPSA) is 115 Å². The molecule has 0 bridgehead atoms. The van der Waals surface area contributed by atoms with Crippen LogP contribution in [0.5, 0.6) is 0 Å². The van der Waals surface area contributed by atoms with E-state index < -0.39 is 17.7 Å². The molecule has 1 aliphatic heterocycles. The molecule has 166 valence electrons. The number of carbonyl (C=O) groups excluding carboxylic acids is 3. The van der Waals surface area contributed by atoms with Gasteiger partial charge in [0, 0.05) is 19.0 Å². The van der Waals surface area contributed by atoms with Gasteiger partial charge in [0.15, 0.2) is 5.65 Å². The third-order valence-corrected chi connectivity index (χ3v) is 5.25. The van der Waals surface area contributed by atoms with Crippen molar-refractivity contribution in [2.75, 3.05) is 23.3 Å². The normalized spacial score (nSPS) is 17.5. The van der Waals surface area contributed by atoms with Crippen LogP contribution in [0.1, 0.15) is 46.5 Å². The van der Waals surface area contributed by atoms with E-state index in [1.54, 1.807) is 25.3 Å². The van der Waals surface area contributed by atoms with Gasteiger partial charge in [-0.25, -0.2) is 4.79 Å². The third kappa shape index (κ3) is 5.12. The van der Waals surface area contributed by atoms with Gasteiger partial charge >= 0.3 is 12.1 Å². The summed E-state index contributed by atoms with van der Waals surface area (Å²) in [6, 6.07) is 5.64. The van der Waals surface area contributed by atoms with Gasteiger partial charge in [-0.3, -0.25) is 14.9 Å². The molecule has 1 aliphatic carbocycles. The minimum absolute atomic E-state index is 0.0400. The Morgan fingerprint density at radius 2 is 1.77 bits per heavy atom. The van der Waals surface area contributed by atoms with Gasteiger partial charge in [-0.2, -0.15) is 9.50 Å². The molecule has 0 radical (unpaired) electrons. The molecule has 4 rings (SSSR count). The van der Waals surface area contributed by atoms with E-state index in [9.17, 15) is 14.4 Å². The van der Waals surface area contributed by atoms with Gasteiger partial charge in [-0.1, -0.05) is 6.07 Å². The number of ether oxygens (including phenoxy) is 2. The second-order valence-electron chi connectivity index (χ2n) is 9.00. The molecule has 2 fully saturated rings. The van der Waals surface area contributed by atoms with Crippen LogP contribution in [0.15, 0.2) is 18.2 Å². The maximum atomic E-state index is 12.3. The summed E-state index contributed by atoms with van der Waals surface area (Å²) in [5, 5.41) is 7.22. The Balaban J connectivity index is 1.38. The lowest BCUT2D eigenvalue weighted by Crippen LogP contribution is -2.38. The van der Waals surface area contributed by atoms with Crippen molar-refractivity contribution in [3.8, 4) is 0 Å². The summed E-state index contributed by atoms with van der Waals surface area (Å²) in [6.45, 7) is 6.33. The van der Waals surface area contributed by atoms with Crippen molar-refractivity contribution in [3.63, 3.8) is 0 Å². The molecule has 10 nitrogen and oxygen atoms in total. The van der Waals surface area contributed by atoms with E-state index in [0.29, 0.717) is 37.5 Å². The zero-order valence-corrected chi connectivity index (χ0v) is 18.0. The van der Waals surface area contributed by atoms with E-state index in [0.717, 1.165) is 18.7 Å². The van der Waals surface area contributed by atoms with Crippen molar-refractivity contribution in [3.05, 3.63) is 18.2 Å². The Morgan fingerprint density at radius 3 is 2.42 bits per heavy atom. The number of aromatic nitrogens is 3. The molecule has 2 aliphatic rings. The predicted octanol–water partition coefficient (Wildman–Crippen LogP) is 2.77. The van der Waals surface area contributed by atoms with Crippen LogP contribution in [0.2, 0.25) is 0 Å². The molecule has 0 spiro atoms. The molecule has 1 amide bonds. The first kappa shape index (κ1) is 21.1. The fraction of sp³-hybridized carbons (Fsp3) is 0.571. The first-order valence-corrected chi connectivity index (χ1v) is 10.6. The number of fused-ring (bicyclic) bond motifs is 1. The lowest BCUT2D eigenvalue weighted by atomic mass is 9.97. The second kappa shape index (κ2) is 8.16. The summed E-state index contributed by atoms with van der Waals surface area (Å²) in [5.41, 5.74) is -0.0798. The summed E-state index contributed by atoms with van der Waals surface area (Å²) in [4.78, 5) is 42.5. The highest BCUT2D eigenvalue weighted by molar-refractivity contribution is 5.92. The maximum Gasteiger partial charge on any atom is 0.516 e. The molecule has 2 aromatic heterocycles. The van der Waals surface area contributed by atoms with Crippen LogP contribution in [0.3, 0.4) is 0 Å². The van der Waals surface area contributed by atoms with Gasteiger partial charge in [0.1, 0.15) is 11.4 Å². The van der Waals surface area contributed by atoms with Gasteiger partial charge in [-0.15, -0.1) is 5.10 Å². The van der Waals surface area contributed by atoms with E-state index in [2.05, 4.69) is 20.3 Å². The minimum Gasteiger partial charge on any atom is -0.428 e. The molecular weight excluding hydrogens is 402 g/mol. The van der Waals surface area contributed by atoms with Crippen molar-refractivity contribution >= 4 is 35.4 Å². The maximum absolute atomic E-state index is 12.3. The molecular formula is C21H27N5O5. The number of pyridine rings is 1. The lowest BCUT2D eigenvalue weighted by molar-refractivity contribution is -0.146. The predicted molar refractivity (Wildman–Crippen MR) is 112 cm³/mol. The number of amides is 1. The number of nitrogens with zero attached hydrogens (tertiary/aromatic N) is 4. The van der Waals surface area contributed by atoms with Crippen LogP contribution in [0, 0.1) is 11.8 Å². The Morgan fingerprint density at radius 1 is 1.06 bits per heavy atom. The fourth-order valence-electron chi connectivity index (χ4n) is 3.52. The van der Waals surface area contributed by atoms with Crippen molar-refractivity contribution in [1.29, 1.82) is 0 Å². The third-order valence-electron chi connectivity index (χ3n) is 5.25. The van der Waals surface area contributed by atoms with Crippen molar-refractivity contribution in [2.24, 2.45) is 11.8 Å². The van der Waals surface area contributed by atoms with Crippen LogP contribution in [0.25, 0.3) is 5.65 Å². The van der Waals surface area contributed by atoms with E-state index in [1.807, 2.05) is 18.2 Å². The minimum atomic E-state index is -0.965. The first-order valence-electron chi connectivity index (χ1n) is 10.6. The van der Waals surface area contributed by atoms with Crippen LogP contribution in [-0.2, 0) is 19.1 Å². The molecule has 31 heavy (non-hydrogen) atoms. The highest BCUT2D eigenvalue weighted by atomic mass is 16.7. The van der Waals surface area contributed by atoms with E-state index >= 15 is 0 Å². The SMILES string of the molecule is CC(C)(C)OC(=O)OC(=O)C1CCN(c2cccc3nc(NC(=O)C4CC4)nn23)CC1. The smallest absolute Gasteiger partial charge is 0.428 e. The molecule has 1 N–H and O–H groups in total. The number of anilines is 2. The summed E-state index contributed by atoms with van der Waals surface area (Å²) >= 11 is 0. The van der Waals surface area contributed by atoms with E-state index in [1.165, 1.54) is 0 Å². The van der Waals surface area contributed by atoms with E-state index in [4.69, 9.17) is 9.47 Å². The average molecular weight is 429 g/mol. The number of piperidine rings is 1. The van der Waals surface area contributed by atoms with Gasteiger partial charge in [0.05, 0.1) is 5.92 Å². The molecule has 0 aromatic carbocycles. The monoisotopic (exact) mass is 429 g/mol. The molecule has 0 atom stereocenters. The number of carbonyl (C=O) groups is 3. The number of hydrogen-bond acceptors (Lipinski definition) is 8. The molecule has 10 heteroatoms. The standard InChI is InChI=1S/C21H27N5O5/c1-21(2,3)31-20(29)30-18(28)14-9-11-25(12-10-14)16-6-4-5-15-22-19(24-26(15)16)23-17(27)13-7-8-13/h4-6,13-14H,7-12H2,1-3H3,(H,23,24,27). The molecule has 1 saturated carbocycles. The van der Waals surface area contributed by atoms with Gasteiger partial charge in [0.25, 0.3) is 0 Å². The van der Waals surface area contributed by atoms with Crippen molar-refractivity contribution in [2.45, 2.75) is 52.1 Å². The molecule has 3 heterocycles. The zero-order valence-electron chi connectivity index (χ0n) is 18.0. The van der Waals surface area contributed by atoms with Crippen molar-refractivity contribution < 1.29 is 23.9 Å². The molecule has 2 aromatic rings. The largest absolute Gasteiger partial charge is 0.516 e. The van der Waals surface area contributed by atoms with Gasteiger partial charge in [-0.05, 0) is 58.6 Å². The quantitative estimate of drug-likeness (QED) is 0.583. The summed E-state index contributed by atoms with van der Waals surface area (Å²) in [5.74, 6) is 0.230. The lowest BCUT2D eigenvalue weighted by Gasteiger charge is -2.32. The van der Waals surface area contributed by atoms with Crippen LogP contribution >= 0.6 is 0 Å². The number of esters is 1. The van der Waals surface area contributed by atoms with Crippen LogP contribution < -0.4 is 10.2 Å². The first-order chi connectivity index (χ1) is 14.7. The Bertz CT molecular complexity index is 999. The van der Waals surface area contributed by atoms with Crippen LogP contribution in [-0.4, -0.2) is 51.3 Å². The van der Waals surface area contributed by atoms with Crippen LogP contribution in [0.4, 0.5) is 16.6 Å². The Hall–Kier alpha value is -3.17. The number of hydrogen-bond donors (Lipinski definition) is 1. The zero-order chi connectivity index (χ0) is 22.2.